The Morgan fingerprint density at radius 1 is 1.32 bits per heavy atom. The largest absolute Gasteiger partial charge is 0.480 e. The maximum Gasteiger partial charge on any atom is 0.257 e. The fraction of sp³-hybridized carbons (Fsp3) is 0.438. The summed E-state index contributed by atoms with van der Waals surface area (Å²) >= 11 is 0. The second kappa shape index (κ2) is 7.29. The number of rotatable bonds is 4. The third-order valence-corrected chi connectivity index (χ3v) is 4.09. The average Bonchev–Trinajstić information content (AvgIpc) is 2.95. The molecule has 0 aliphatic carbocycles. The lowest BCUT2D eigenvalue weighted by molar-refractivity contribution is -0.120. The van der Waals surface area contributed by atoms with E-state index in [9.17, 15) is 9.59 Å². The predicted molar refractivity (Wildman–Crippen MR) is 88.6 cm³/mol. The Balaban J connectivity index is 1.88. The van der Waals surface area contributed by atoms with E-state index in [4.69, 9.17) is 4.74 Å². The molecule has 0 bridgehead atoms. The van der Waals surface area contributed by atoms with E-state index >= 15 is 0 Å². The molecule has 2 amide bonds. The first kappa shape index (κ1) is 16.9. The lowest BCUT2D eigenvalue weighted by atomic mass is 10.1. The van der Waals surface area contributed by atoms with Gasteiger partial charge in [0.05, 0.1) is 24.6 Å². The van der Waals surface area contributed by atoms with Gasteiger partial charge in [0.25, 0.3) is 5.91 Å². The maximum atomic E-state index is 12.9. The van der Waals surface area contributed by atoms with Crippen LogP contribution in [0.25, 0.3) is 5.82 Å². The Morgan fingerprint density at radius 3 is 2.84 bits per heavy atom. The van der Waals surface area contributed by atoms with Crippen LogP contribution in [-0.2, 0) is 11.2 Å². The predicted octanol–water partition coefficient (Wildman–Crippen LogP) is 0.195. The van der Waals surface area contributed by atoms with Gasteiger partial charge in [0.15, 0.2) is 5.82 Å². The second-order valence-corrected chi connectivity index (χ2v) is 5.60. The molecule has 9 nitrogen and oxygen atoms in total. The number of aromatic nitrogens is 4. The van der Waals surface area contributed by atoms with Crippen molar-refractivity contribution < 1.29 is 14.3 Å². The molecule has 3 heterocycles. The number of nitrogens with zero attached hydrogens (tertiary/aromatic N) is 5. The SMILES string of the molecule is CCc1c(C(=O)N2CCNC(=O)CC2)cnn1-c1ccc(OC)nn1. The molecule has 1 saturated heterocycles. The van der Waals surface area contributed by atoms with Gasteiger partial charge in [-0.2, -0.15) is 5.10 Å². The number of nitrogens with one attached hydrogen (secondary N) is 1. The normalized spacial score (nSPS) is 14.8. The van der Waals surface area contributed by atoms with Gasteiger partial charge in [-0.25, -0.2) is 4.68 Å². The summed E-state index contributed by atoms with van der Waals surface area (Å²) in [5.74, 6) is 0.771. The van der Waals surface area contributed by atoms with Crippen LogP contribution in [0, 0.1) is 0 Å². The molecule has 1 N–H and O–H groups in total. The Morgan fingerprint density at radius 2 is 2.16 bits per heavy atom. The van der Waals surface area contributed by atoms with E-state index in [-0.39, 0.29) is 11.8 Å². The number of amides is 2. The van der Waals surface area contributed by atoms with Gasteiger partial charge in [0.1, 0.15) is 0 Å². The first-order chi connectivity index (χ1) is 12.1. The molecule has 0 saturated carbocycles. The van der Waals surface area contributed by atoms with E-state index < -0.39 is 0 Å². The van der Waals surface area contributed by atoms with Crippen molar-refractivity contribution in [2.75, 3.05) is 26.7 Å². The molecule has 2 aromatic heterocycles. The molecule has 0 unspecified atom stereocenters. The number of carbonyl (C=O) groups is 2. The fourth-order valence-corrected chi connectivity index (χ4v) is 2.77. The molecule has 25 heavy (non-hydrogen) atoms. The van der Waals surface area contributed by atoms with Crippen LogP contribution >= 0.6 is 0 Å². The van der Waals surface area contributed by atoms with E-state index in [1.165, 1.54) is 7.11 Å². The van der Waals surface area contributed by atoms with E-state index in [2.05, 4.69) is 20.6 Å². The van der Waals surface area contributed by atoms with Gasteiger partial charge in [-0.05, 0) is 12.5 Å². The Kier molecular flexibility index (Phi) is 4.92. The Bertz CT molecular complexity index is 771. The number of hydrogen-bond acceptors (Lipinski definition) is 6. The molecule has 132 valence electrons. The van der Waals surface area contributed by atoms with Crippen molar-refractivity contribution in [1.82, 2.24) is 30.2 Å². The van der Waals surface area contributed by atoms with E-state index in [0.717, 1.165) is 5.69 Å². The molecule has 1 aliphatic rings. The standard InChI is InChI=1S/C16H20N6O3/c1-3-12-11(16(24)21-8-6-14(23)17-7-9-21)10-18-22(12)13-4-5-15(25-2)20-19-13/h4-5,10H,3,6-9H2,1-2H3,(H,17,23). The zero-order valence-electron chi connectivity index (χ0n) is 14.2. The minimum atomic E-state index is -0.124. The van der Waals surface area contributed by atoms with Crippen molar-refractivity contribution >= 4 is 11.8 Å². The van der Waals surface area contributed by atoms with Crippen LogP contribution in [0.1, 0.15) is 29.4 Å². The molecule has 9 heteroatoms. The first-order valence-electron chi connectivity index (χ1n) is 8.15. The zero-order chi connectivity index (χ0) is 17.8. The highest BCUT2D eigenvalue weighted by Gasteiger charge is 2.24. The highest BCUT2D eigenvalue weighted by Crippen LogP contribution is 2.17. The zero-order valence-corrected chi connectivity index (χ0v) is 14.2. The number of hydrogen-bond donors (Lipinski definition) is 1. The Hall–Kier alpha value is -2.97. The summed E-state index contributed by atoms with van der Waals surface area (Å²) in [6, 6.07) is 3.43. The number of methoxy groups -OCH3 is 1. The lowest BCUT2D eigenvalue weighted by Gasteiger charge is -2.19. The van der Waals surface area contributed by atoms with Gasteiger partial charge in [-0.1, -0.05) is 6.92 Å². The quantitative estimate of drug-likeness (QED) is 0.850. The van der Waals surface area contributed by atoms with Crippen LogP contribution in [0.2, 0.25) is 0 Å². The summed E-state index contributed by atoms with van der Waals surface area (Å²) in [7, 11) is 1.52. The van der Waals surface area contributed by atoms with Crippen molar-refractivity contribution in [3.05, 3.63) is 29.6 Å². The van der Waals surface area contributed by atoms with Gasteiger partial charge in [-0.15, -0.1) is 10.2 Å². The van der Waals surface area contributed by atoms with Crippen molar-refractivity contribution in [1.29, 1.82) is 0 Å². The van der Waals surface area contributed by atoms with Gasteiger partial charge in [-0.3, -0.25) is 9.59 Å². The van der Waals surface area contributed by atoms with Crippen LogP contribution < -0.4 is 10.1 Å². The van der Waals surface area contributed by atoms with E-state index in [1.807, 2.05) is 6.92 Å². The topological polar surface area (TPSA) is 102 Å². The average molecular weight is 344 g/mol. The van der Waals surface area contributed by atoms with Crippen LogP contribution in [-0.4, -0.2) is 63.4 Å². The minimum Gasteiger partial charge on any atom is -0.480 e. The van der Waals surface area contributed by atoms with Crippen LogP contribution in [0.15, 0.2) is 18.3 Å². The van der Waals surface area contributed by atoms with E-state index in [1.54, 1.807) is 27.9 Å². The summed E-state index contributed by atoms with van der Waals surface area (Å²) in [5, 5.41) is 15.1. The highest BCUT2D eigenvalue weighted by atomic mass is 16.5. The first-order valence-corrected chi connectivity index (χ1v) is 8.15. The number of carbonyl (C=O) groups excluding carboxylic acids is 2. The molecule has 0 aromatic carbocycles. The molecular weight excluding hydrogens is 324 g/mol. The van der Waals surface area contributed by atoms with Crippen molar-refractivity contribution in [3.8, 4) is 11.7 Å². The molecule has 0 spiro atoms. The third kappa shape index (κ3) is 3.44. The molecule has 3 rings (SSSR count). The second-order valence-electron chi connectivity index (χ2n) is 5.60. The summed E-state index contributed by atoms with van der Waals surface area (Å²) in [6.07, 6.45) is 2.47. The molecule has 0 atom stereocenters. The van der Waals surface area contributed by atoms with Gasteiger partial charge < -0.3 is 15.0 Å². The van der Waals surface area contributed by atoms with Crippen LogP contribution in [0.4, 0.5) is 0 Å². The minimum absolute atomic E-state index is 0.0322. The van der Waals surface area contributed by atoms with E-state index in [0.29, 0.717) is 49.7 Å². The summed E-state index contributed by atoms with van der Waals surface area (Å²) in [5.41, 5.74) is 1.28. The molecule has 1 fully saturated rings. The van der Waals surface area contributed by atoms with Crippen molar-refractivity contribution in [2.24, 2.45) is 0 Å². The number of ether oxygens (including phenoxy) is 1. The fourth-order valence-electron chi connectivity index (χ4n) is 2.77. The van der Waals surface area contributed by atoms with Gasteiger partial charge in [0.2, 0.25) is 11.8 Å². The summed E-state index contributed by atoms with van der Waals surface area (Å²) in [6.45, 7) is 3.31. The molecular formula is C16H20N6O3. The smallest absolute Gasteiger partial charge is 0.257 e. The molecule has 2 aromatic rings. The summed E-state index contributed by atoms with van der Waals surface area (Å²) < 4.78 is 6.62. The van der Waals surface area contributed by atoms with Crippen molar-refractivity contribution in [3.63, 3.8) is 0 Å². The van der Waals surface area contributed by atoms with Crippen molar-refractivity contribution in [2.45, 2.75) is 19.8 Å². The Labute approximate surface area is 145 Å². The van der Waals surface area contributed by atoms with Gasteiger partial charge >= 0.3 is 0 Å². The highest BCUT2D eigenvalue weighted by molar-refractivity contribution is 5.95. The lowest BCUT2D eigenvalue weighted by Crippen LogP contribution is -2.34. The molecule has 1 aliphatic heterocycles. The maximum absolute atomic E-state index is 12.9. The van der Waals surface area contributed by atoms with Gasteiger partial charge in [0, 0.05) is 32.1 Å². The van der Waals surface area contributed by atoms with Crippen LogP contribution in [0.3, 0.4) is 0 Å². The third-order valence-electron chi connectivity index (χ3n) is 4.09. The summed E-state index contributed by atoms with van der Waals surface area (Å²) in [4.78, 5) is 26.0. The molecule has 0 radical (unpaired) electrons. The monoisotopic (exact) mass is 344 g/mol. The van der Waals surface area contributed by atoms with Crippen LogP contribution in [0.5, 0.6) is 5.88 Å².